The Bertz CT molecular complexity index is 456. The molecule has 0 radical (unpaired) electrons. The van der Waals surface area contributed by atoms with E-state index in [0.29, 0.717) is 5.92 Å². The van der Waals surface area contributed by atoms with Crippen LogP contribution in [0.1, 0.15) is 50.3 Å². The third-order valence-corrected chi connectivity index (χ3v) is 3.94. The minimum Gasteiger partial charge on any atom is -0.338 e. The van der Waals surface area contributed by atoms with Crippen LogP contribution in [-0.2, 0) is 0 Å². The van der Waals surface area contributed by atoms with Crippen LogP contribution in [0.3, 0.4) is 0 Å². The molecule has 1 atom stereocenters. The number of aryl methyl sites for hydroxylation is 1. The molecule has 0 aliphatic carbocycles. The number of carbonyl (C=O) groups excluding carboxylic acids is 1. The Kier molecular flexibility index (Phi) is 5.05. The van der Waals surface area contributed by atoms with Gasteiger partial charge in [-0.25, -0.2) is 4.79 Å². The van der Waals surface area contributed by atoms with Crippen LogP contribution in [0, 0.1) is 12.8 Å². The van der Waals surface area contributed by atoms with E-state index in [4.69, 9.17) is 0 Å². The number of hydrogen-bond acceptors (Lipinski definition) is 1. The van der Waals surface area contributed by atoms with Crippen molar-refractivity contribution >= 4 is 6.03 Å². The van der Waals surface area contributed by atoms with E-state index in [-0.39, 0.29) is 12.1 Å². The fourth-order valence-electron chi connectivity index (χ4n) is 2.80. The Labute approximate surface area is 122 Å². The van der Waals surface area contributed by atoms with Crippen LogP contribution in [-0.4, -0.2) is 24.0 Å². The minimum absolute atomic E-state index is 0.0923. The van der Waals surface area contributed by atoms with Gasteiger partial charge < -0.3 is 10.2 Å². The van der Waals surface area contributed by atoms with Gasteiger partial charge in [0.05, 0.1) is 6.04 Å². The molecule has 0 saturated carbocycles. The first-order valence-electron chi connectivity index (χ1n) is 7.69. The molecular weight excluding hydrogens is 248 g/mol. The topological polar surface area (TPSA) is 32.3 Å². The smallest absolute Gasteiger partial charge is 0.317 e. The van der Waals surface area contributed by atoms with Gasteiger partial charge in [-0.3, -0.25) is 0 Å². The third kappa shape index (κ3) is 3.75. The number of hydrogen-bond donors (Lipinski definition) is 1. The van der Waals surface area contributed by atoms with E-state index in [9.17, 15) is 4.79 Å². The van der Waals surface area contributed by atoms with E-state index in [0.717, 1.165) is 32.4 Å². The van der Waals surface area contributed by atoms with Gasteiger partial charge in [-0.1, -0.05) is 43.7 Å². The number of nitrogens with zero attached hydrogens (tertiary/aromatic N) is 1. The van der Waals surface area contributed by atoms with Gasteiger partial charge >= 0.3 is 6.03 Å². The molecule has 1 heterocycles. The lowest BCUT2D eigenvalue weighted by molar-refractivity contribution is 0.192. The highest BCUT2D eigenvalue weighted by molar-refractivity contribution is 5.75. The van der Waals surface area contributed by atoms with Crippen LogP contribution in [0.25, 0.3) is 0 Å². The van der Waals surface area contributed by atoms with Gasteiger partial charge in [0.15, 0.2) is 0 Å². The van der Waals surface area contributed by atoms with E-state index in [1.807, 2.05) is 4.90 Å². The molecule has 1 aliphatic rings. The molecule has 1 aliphatic heterocycles. The van der Waals surface area contributed by atoms with Crippen LogP contribution in [0.4, 0.5) is 4.79 Å². The molecule has 1 fully saturated rings. The molecule has 3 nitrogen and oxygen atoms in total. The second-order valence-corrected chi connectivity index (χ2v) is 6.18. The molecular formula is C17H26N2O. The van der Waals surface area contributed by atoms with Crippen molar-refractivity contribution in [2.75, 3.05) is 13.1 Å². The first-order valence-corrected chi connectivity index (χ1v) is 7.69. The lowest BCUT2D eigenvalue weighted by Crippen LogP contribution is -2.40. The van der Waals surface area contributed by atoms with E-state index in [1.54, 1.807) is 0 Å². The van der Waals surface area contributed by atoms with Crippen LogP contribution < -0.4 is 5.32 Å². The summed E-state index contributed by atoms with van der Waals surface area (Å²) >= 11 is 0. The molecule has 1 saturated heterocycles. The van der Waals surface area contributed by atoms with Crippen LogP contribution >= 0.6 is 0 Å². The zero-order valence-corrected chi connectivity index (χ0v) is 12.9. The number of urea groups is 1. The van der Waals surface area contributed by atoms with Crippen molar-refractivity contribution in [3.8, 4) is 0 Å². The van der Waals surface area contributed by atoms with Crippen molar-refractivity contribution in [1.82, 2.24) is 10.2 Å². The normalized spacial score (nSPS) is 18.6. The quantitative estimate of drug-likeness (QED) is 0.887. The summed E-state index contributed by atoms with van der Waals surface area (Å²) in [4.78, 5) is 14.3. The number of amides is 2. The van der Waals surface area contributed by atoms with E-state index in [2.05, 4.69) is 50.4 Å². The molecule has 1 aromatic carbocycles. The van der Waals surface area contributed by atoms with Crippen molar-refractivity contribution in [3.05, 3.63) is 35.4 Å². The lowest BCUT2D eigenvalue weighted by atomic mass is 10.0. The summed E-state index contributed by atoms with van der Waals surface area (Å²) in [7, 11) is 0. The van der Waals surface area contributed by atoms with Gasteiger partial charge in [-0.05, 0) is 37.7 Å². The summed E-state index contributed by atoms with van der Waals surface area (Å²) in [5.41, 5.74) is 2.52. The maximum absolute atomic E-state index is 12.3. The molecule has 0 unspecified atom stereocenters. The summed E-state index contributed by atoms with van der Waals surface area (Å²) in [5.74, 6) is 0.626. The summed E-state index contributed by atoms with van der Waals surface area (Å²) in [6, 6.07) is 8.86. The van der Waals surface area contributed by atoms with Gasteiger partial charge in [-0.15, -0.1) is 0 Å². The van der Waals surface area contributed by atoms with Crippen LogP contribution in [0.5, 0.6) is 0 Å². The molecule has 2 rings (SSSR count). The minimum atomic E-state index is 0.0923. The van der Waals surface area contributed by atoms with Crippen molar-refractivity contribution in [2.45, 2.75) is 46.1 Å². The van der Waals surface area contributed by atoms with Crippen LogP contribution in [0.2, 0.25) is 0 Å². The number of benzene rings is 1. The number of nitrogens with one attached hydrogen (secondary N) is 1. The predicted octanol–water partition coefficient (Wildman–Crippen LogP) is 3.89. The summed E-state index contributed by atoms with van der Waals surface area (Å²) in [6.07, 6.45) is 3.20. The zero-order valence-electron chi connectivity index (χ0n) is 12.9. The summed E-state index contributed by atoms with van der Waals surface area (Å²) < 4.78 is 0. The van der Waals surface area contributed by atoms with E-state index < -0.39 is 0 Å². The number of likely N-dealkylation sites (tertiary alicyclic amines) is 1. The standard InChI is InChI=1S/C17H26N2O/c1-13(2)9-10-18-17(20)19-11-5-8-16(19)15-7-4-6-14(3)12-15/h4,6-7,12-13,16H,5,8-11H2,1-3H3,(H,18,20)/t16-/m1/s1. The molecule has 110 valence electrons. The van der Waals surface area contributed by atoms with Crippen molar-refractivity contribution < 1.29 is 4.79 Å². The second kappa shape index (κ2) is 6.78. The first-order chi connectivity index (χ1) is 9.58. The highest BCUT2D eigenvalue weighted by Gasteiger charge is 2.29. The average Bonchev–Trinajstić information content (AvgIpc) is 2.87. The Morgan fingerprint density at radius 3 is 2.95 bits per heavy atom. The lowest BCUT2D eigenvalue weighted by Gasteiger charge is -2.25. The predicted molar refractivity (Wildman–Crippen MR) is 82.7 cm³/mol. The highest BCUT2D eigenvalue weighted by atomic mass is 16.2. The average molecular weight is 274 g/mol. The zero-order chi connectivity index (χ0) is 14.5. The molecule has 2 amide bonds. The second-order valence-electron chi connectivity index (χ2n) is 6.18. The third-order valence-electron chi connectivity index (χ3n) is 3.94. The van der Waals surface area contributed by atoms with Gasteiger partial charge in [0.1, 0.15) is 0 Å². The molecule has 0 aromatic heterocycles. The maximum Gasteiger partial charge on any atom is 0.317 e. The number of rotatable bonds is 4. The Morgan fingerprint density at radius 2 is 2.25 bits per heavy atom. The first kappa shape index (κ1) is 14.9. The van der Waals surface area contributed by atoms with E-state index in [1.165, 1.54) is 11.1 Å². The Hall–Kier alpha value is -1.51. The van der Waals surface area contributed by atoms with Crippen molar-refractivity contribution in [3.63, 3.8) is 0 Å². The van der Waals surface area contributed by atoms with Crippen LogP contribution in [0.15, 0.2) is 24.3 Å². The highest BCUT2D eigenvalue weighted by Crippen LogP contribution is 2.32. The molecule has 0 spiro atoms. The fraction of sp³-hybridized carbons (Fsp3) is 0.588. The SMILES string of the molecule is Cc1cccc([C@H]2CCCN2C(=O)NCCC(C)C)c1. The monoisotopic (exact) mass is 274 g/mol. The van der Waals surface area contributed by atoms with Crippen molar-refractivity contribution in [2.24, 2.45) is 5.92 Å². The molecule has 1 N–H and O–H groups in total. The summed E-state index contributed by atoms with van der Waals surface area (Å²) in [5, 5.41) is 3.06. The fourth-order valence-corrected chi connectivity index (χ4v) is 2.80. The summed E-state index contributed by atoms with van der Waals surface area (Å²) in [6.45, 7) is 8.10. The van der Waals surface area contributed by atoms with E-state index >= 15 is 0 Å². The molecule has 3 heteroatoms. The van der Waals surface area contributed by atoms with Gasteiger partial charge in [-0.2, -0.15) is 0 Å². The maximum atomic E-state index is 12.3. The van der Waals surface area contributed by atoms with Gasteiger partial charge in [0, 0.05) is 13.1 Å². The Morgan fingerprint density at radius 1 is 1.45 bits per heavy atom. The van der Waals surface area contributed by atoms with Crippen molar-refractivity contribution in [1.29, 1.82) is 0 Å². The molecule has 1 aromatic rings. The molecule has 0 bridgehead atoms. The van der Waals surface area contributed by atoms with Gasteiger partial charge in [0.25, 0.3) is 0 Å². The molecule has 20 heavy (non-hydrogen) atoms. The number of carbonyl (C=O) groups is 1. The van der Waals surface area contributed by atoms with Gasteiger partial charge in [0.2, 0.25) is 0 Å². The Balaban J connectivity index is 1.98. The largest absolute Gasteiger partial charge is 0.338 e.